The van der Waals surface area contributed by atoms with Crippen molar-refractivity contribution < 1.29 is 14.3 Å². The highest BCUT2D eigenvalue weighted by atomic mass is 16.6. The first-order chi connectivity index (χ1) is 20.5. The highest BCUT2D eigenvalue weighted by molar-refractivity contribution is 5.80. The van der Waals surface area contributed by atoms with Crippen LogP contribution in [0.25, 0.3) is 0 Å². The number of fused-ring (bicyclic) bond motifs is 1. The van der Waals surface area contributed by atoms with Gasteiger partial charge in [-0.25, -0.2) is 4.79 Å². The predicted octanol–water partition coefficient (Wildman–Crippen LogP) is 7.25. The molecule has 2 amide bonds. The van der Waals surface area contributed by atoms with Crippen LogP contribution < -0.4 is 0 Å². The number of hydrogen-bond donors (Lipinski definition) is 0. The molecular weight excluding hydrogens is 534 g/mol. The molecule has 1 saturated carbocycles. The standard InChI is InChI=1S/C37H51N3O3/c1-26(2)30-14-8-9-16-32(30)33-24-38(23-28-13-10-12-27-11-6-7-15-31(27)28)25-34(41)40(33)29-21-37(22-29)17-19-39(20-18-37)35(42)43-36(3,4)5/h8-10,12-14,16,26,29,33H,6-7,11,15,17-25H2,1-5H3. The number of carbonyl (C=O) groups excluding carboxylic acids is 2. The second-order valence-electron chi connectivity index (χ2n) is 15.1. The third kappa shape index (κ3) is 6.36. The molecule has 0 aromatic heterocycles. The maximum absolute atomic E-state index is 14.1. The molecule has 6 rings (SSSR count). The van der Waals surface area contributed by atoms with Crippen molar-refractivity contribution in [1.82, 2.24) is 14.7 Å². The van der Waals surface area contributed by atoms with E-state index < -0.39 is 5.60 Å². The van der Waals surface area contributed by atoms with Gasteiger partial charge in [0.15, 0.2) is 0 Å². The summed E-state index contributed by atoms with van der Waals surface area (Å²) in [5, 5.41) is 0. The van der Waals surface area contributed by atoms with E-state index in [-0.39, 0.29) is 29.5 Å². The Morgan fingerprint density at radius 2 is 1.72 bits per heavy atom. The first kappa shape index (κ1) is 30.2. The van der Waals surface area contributed by atoms with Gasteiger partial charge in [0, 0.05) is 32.2 Å². The maximum atomic E-state index is 14.1. The number of benzene rings is 2. The summed E-state index contributed by atoms with van der Waals surface area (Å²) in [5.41, 5.74) is 6.86. The fourth-order valence-corrected chi connectivity index (χ4v) is 8.30. The van der Waals surface area contributed by atoms with Crippen LogP contribution in [0.4, 0.5) is 4.79 Å². The minimum atomic E-state index is -0.475. The summed E-state index contributed by atoms with van der Waals surface area (Å²) >= 11 is 0. The van der Waals surface area contributed by atoms with Gasteiger partial charge in [-0.2, -0.15) is 0 Å². The topological polar surface area (TPSA) is 53.1 Å². The van der Waals surface area contributed by atoms with Crippen LogP contribution in [-0.4, -0.2) is 64.5 Å². The van der Waals surface area contributed by atoms with Gasteiger partial charge >= 0.3 is 6.09 Å². The Hall–Kier alpha value is -2.86. The highest BCUT2D eigenvalue weighted by Gasteiger charge is 2.52. The average molecular weight is 586 g/mol. The Balaban J connectivity index is 1.19. The molecule has 43 heavy (non-hydrogen) atoms. The van der Waals surface area contributed by atoms with Crippen LogP contribution >= 0.6 is 0 Å². The fraction of sp³-hybridized carbons (Fsp3) is 0.622. The van der Waals surface area contributed by atoms with E-state index >= 15 is 0 Å². The Bertz CT molecular complexity index is 1330. The number of piperazine rings is 1. The molecule has 0 bridgehead atoms. The molecule has 232 valence electrons. The van der Waals surface area contributed by atoms with Crippen LogP contribution in [0.2, 0.25) is 0 Å². The molecule has 1 unspecified atom stereocenters. The molecule has 6 heteroatoms. The van der Waals surface area contributed by atoms with E-state index in [1.165, 1.54) is 47.1 Å². The number of piperidine rings is 1. The molecule has 0 N–H and O–H groups in total. The summed E-state index contributed by atoms with van der Waals surface area (Å²) in [5.74, 6) is 0.667. The van der Waals surface area contributed by atoms with E-state index in [9.17, 15) is 9.59 Å². The largest absolute Gasteiger partial charge is 0.444 e. The molecule has 2 saturated heterocycles. The maximum Gasteiger partial charge on any atom is 0.410 e. The number of aryl methyl sites for hydroxylation is 1. The number of amides is 2. The van der Waals surface area contributed by atoms with Crippen molar-refractivity contribution >= 4 is 12.0 Å². The smallest absolute Gasteiger partial charge is 0.410 e. The lowest BCUT2D eigenvalue weighted by molar-refractivity contribution is -0.153. The average Bonchev–Trinajstić information content (AvgIpc) is 2.95. The molecule has 2 heterocycles. The van der Waals surface area contributed by atoms with Crippen LogP contribution in [0.1, 0.15) is 113 Å². The SMILES string of the molecule is CC(C)c1ccccc1C1CN(Cc2cccc3c2CCCC3)CC(=O)N1C1CC2(CCN(C(=O)OC(C)(C)C)CC2)C1. The fourth-order valence-electron chi connectivity index (χ4n) is 8.30. The van der Waals surface area contributed by atoms with Crippen molar-refractivity contribution in [1.29, 1.82) is 0 Å². The predicted molar refractivity (Wildman–Crippen MR) is 171 cm³/mol. The summed E-state index contributed by atoms with van der Waals surface area (Å²) in [6.45, 7) is 14.0. The first-order valence-corrected chi connectivity index (χ1v) is 16.7. The normalized spacial score (nSPS) is 22.9. The molecular formula is C37H51N3O3. The van der Waals surface area contributed by atoms with Gasteiger partial charge < -0.3 is 14.5 Å². The van der Waals surface area contributed by atoms with E-state index in [1.807, 2.05) is 25.7 Å². The lowest BCUT2D eigenvalue weighted by Crippen LogP contribution is -2.62. The van der Waals surface area contributed by atoms with Crippen LogP contribution in [0.3, 0.4) is 0 Å². The summed E-state index contributed by atoms with van der Waals surface area (Å²) in [6.07, 6.45) is 8.74. The van der Waals surface area contributed by atoms with E-state index in [0.29, 0.717) is 12.5 Å². The number of likely N-dealkylation sites (tertiary alicyclic amines) is 1. The van der Waals surface area contributed by atoms with Gasteiger partial charge in [-0.1, -0.05) is 56.3 Å². The first-order valence-electron chi connectivity index (χ1n) is 16.7. The zero-order valence-corrected chi connectivity index (χ0v) is 27.0. The second kappa shape index (κ2) is 11.9. The van der Waals surface area contributed by atoms with Crippen molar-refractivity contribution in [2.45, 2.75) is 116 Å². The van der Waals surface area contributed by atoms with Crippen LogP contribution in [0.5, 0.6) is 0 Å². The minimum Gasteiger partial charge on any atom is -0.444 e. The molecule has 4 aliphatic rings. The molecule has 2 aromatic rings. The van der Waals surface area contributed by atoms with Gasteiger partial charge in [0.2, 0.25) is 5.91 Å². The van der Waals surface area contributed by atoms with Gasteiger partial charge in [-0.3, -0.25) is 9.69 Å². The van der Waals surface area contributed by atoms with Crippen molar-refractivity contribution in [3.8, 4) is 0 Å². The molecule has 6 nitrogen and oxygen atoms in total. The summed E-state index contributed by atoms with van der Waals surface area (Å²) < 4.78 is 5.63. The monoisotopic (exact) mass is 585 g/mol. The van der Waals surface area contributed by atoms with Crippen molar-refractivity contribution in [3.63, 3.8) is 0 Å². The van der Waals surface area contributed by atoms with E-state index in [4.69, 9.17) is 4.74 Å². The molecule has 1 spiro atoms. The quantitative estimate of drug-likeness (QED) is 0.371. The third-order valence-electron chi connectivity index (χ3n) is 10.5. The minimum absolute atomic E-state index is 0.0589. The summed E-state index contributed by atoms with van der Waals surface area (Å²) in [6, 6.07) is 15.9. The lowest BCUT2D eigenvalue weighted by Gasteiger charge is -2.58. The molecule has 2 aliphatic heterocycles. The van der Waals surface area contributed by atoms with Crippen LogP contribution in [0, 0.1) is 5.41 Å². The van der Waals surface area contributed by atoms with E-state index in [0.717, 1.165) is 58.3 Å². The van der Waals surface area contributed by atoms with Crippen LogP contribution in [-0.2, 0) is 28.9 Å². The molecule has 2 aliphatic carbocycles. The summed E-state index contributed by atoms with van der Waals surface area (Å²) in [4.78, 5) is 33.4. The Kier molecular flexibility index (Phi) is 8.36. The van der Waals surface area contributed by atoms with E-state index in [2.05, 4.69) is 66.1 Å². The number of ether oxygens (including phenoxy) is 1. The second-order valence-corrected chi connectivity index (χ2v) is 15.1. The molecule has 0 radical (unpaired) electrons. The number of nitrogens with zero attached hydrogens (tertiary/aromatic N) is 3. The van der Waals surface area contributed by atoms with Gasteiger partial charge in [0.05, 0.1) is 12.6 Å². The Morgan fingerprint density at radius 3 is 2.44 bits per heavy atom. The number of rotatable bonds is 5. The van der Waals surface area contributed by atoms with E-state index in [1.54, 1.807) is 0 Å². The van der Waals surface area contributed by atoms with Crippen molar-refractivity contribution in [3.05, 3.63) is 70.3 Å². The van der Waals surface area contributed by atoms with Crippen molar-refractivity contribution in [2.24, 2.45) is 5.41 Å². The van der Waals surface area contributed by atoms with Gasteiger partial charge in [-0.15, -0.1) is 0 Å². The highest BCUT2D eigenvalue weighted by Crippen LogP contribution is 2.53. The summed E-state index contributed by atoms with van der Waals surface area (Å²) in [7, 11) is 0. The van der Waals surface area contributed by atoms with Gasteiger partial charge in [0.25, 0.3) is 0 Å². The van der Waals surface area contributed by atoms with Crippen molar-refractivity contribution in [2.75, 3.05) is 26.2 Å². The number of carbonyl (C=O) groups is 2. The Labute approximate surface area is 258 Å². The zero-order valence-electron chi connectivity index (χ0n) is 27.0. The molecule has 2 aromatic carbocycles. The van der Waals surface area contributed by atoms with Gasteiger partial charge in [0.1, 0.15) is 5.60 Å². The molecule has 1 atom stereocenters. The van der Waals surface area contributed by atoms with Gasteiger partial charge in [-0.05, 0) is 111 Å². The zero-order chi connectivity index (χ0) is 30.4. The number of hydrogen-bond acceptors (Lipinski definition) is 4. The Morgan fingerprint density at radius 1 is 1.00 bits per heavy atom. The molecule has 3 fully saturated rings. The third-order valence-corrected chi connectivity index (χ3v) is 10.5. The lowest BCUT2D eigenvalue weighted by atomic mass is 9.59. The van der Waals surface area contributed by atoms with Crippen LogP contribution in [0.15, 0.2) is 42.5 Å².